The Kier molecular flexibility index (Phi) is 9.59. The third kappa shape index (κ3) is 7.03. The second-order valence-corrected chi connectivity index (χ2v) is 11.2. The molecule has 0 saturated heterocycles. The summed E-state index contributed by atoms with van der Waals surface area (Å²) >= 11 is 12.2. The molecule has 3 aromatic rings. The maximum absolute atomic E-state index is 13.8. The van der Waals surface area contributed by atoms with Crippen LogP contribution in [0.2, 0.25) is 10.0 Å². The lowest BCUT2D eigenvalue weighted by Gasteiger charge is -2.32. The van der Waals surface area contributed by atoms with Crippen LogP contribution in [-0.2, 0) is 26.2 Å². The van der Waals surface area contributed by atoms with Gasteiger partial charge in [-0.1, -0.05) is 59.6 Å². The van der Waals surface area contributed by atoms with Crippen LogP contribution in [0.5, 0.6) is 0 Å². The molecule has 0 radical (unpaired) electrons. The summed E-state index contributed by atoms with van der Waals surface area (Å²) in [5.74, 6) is -0.895. The molecule has 0 aromatic heterocycles. The van der Waals surface area contributed by atoms with Crippen molar-refractivity contribution in [2.75, 3.05) is 17.4 Å². The molecule has 0 heterocycles. The predicted octanol–water partition coefficient (Wildman–Crippen LogP) is 5.05. The monoisotopic (exact) mass is 561 g/mol. The number of nitrogens with zero attached hydrogens (tertiary/aromatic N) is 2. The number of hydrogen-bond acceptors (Lipinski definition) is 4. The van der Waals surface area contributed by atoms with Gasteiger partial charge in [0.1, 0.15) is 12.6 Å². The zero-order valence-electron chi connectivity index (χ0n) is 20.8. The SMILES string of the molecule is CCNC(=O)[C@@H](C)N(Cc1ccc(Cl)cc1)C(=O)CN(c1cc(Cl)ccc1C)S(=O)(=O)c1ccccc1. The summed E-state index contributed by atoms with van der Waals surface area (Å²) < 4.78 is 28.6. The number of nitrogens with one attached hydrogen (secondary N) is 1. The molecule has 1 N–H and O–H groups in total. The topological polar surface area (TPSA) is 86.8 Å². The Bertz CT molecular complexity index is 1350. The summed E-state index contributed by atoms with van der Waals surface area (Å²) in [4.78, 5) is 27.9. The molecule has 3 aromatic carbocycles. The summed E-state index contributed by atoms with van der Waals surface area (Å²) in [7, 11) is -4.15. The number of anilines is 1. The summed E-state index contributed by atoms with van der Waals surface area (Å²) in [6.45, 7) is 5.08. The van der Waals surface area contributed by atoms with Gasteiger partial charge < -0.3 is 10.2 Å². The Hall–Kier alpha value is -3.07. The van der Waals surface area contributed by atoms with Gasteiger partial charge in [-0.2, -0.15) is 0 Å². The maximum atomic E-state index is 13.8. The molecule has 0 aliphatic rings. The third-order valence-corrected chi connectivity index (χ3v) is 8.10. The van der Waals surface area contributed by atoms with Crippen molar-refractivity contribution in [3.05, 3.63) is 94.0 Å². The van der Waals surface area contributed by atoms with Gasteiger partial charge in [-0.25, -0.2) is 8.42 Å². The van der Waals surface area contributed by atoms with E-state index < -0.39 is 28.5 Å². The van der Waals surface area contributed by atoms with E-state index in [4.69, 9.17) is 23.2 Å². The molecule has 37 heavy (non-hydrogen) atoms. The van der Waals surface area contributed by atoms with Crippen LogP contribution < -0.4 is 9.62 Å². The summed E-state index contributed by atoms with van der Waals surface area (Å²) in [6.07, 6.45) is 0. The minimum atomic E-state index is -4.15. The lowest BCUT2D eigenvalue weighted by molar-refractivity contribution is -0.139. The fraction of sp³-hybridized carbons (Fsp3) is 0.259. The normalized spacial score (nSPS) is 12.0. The molecule has 3 rings (SSSR count). The average Bonchev–Trinajstić information content (AvgIpc) is 2.88. The van der Waals surface area contributed by atoms with Gasteiger partial charge in [-0.15, -0.1) is 0 Å². The first-order valence-electron chi connectivity index (χ1n) is 11.7. The van der Waals surface area contributed by atoms with E-state index in [1.165, 1.54) is 23.1 Å². The molecule has 10 heteroatoms. The first-order chi connectivity index (χ1) is 17.5. The predicted molar refractivity (Wildman–Crippen MR) is 147 cm³/mol. The number of halogens is 2. The number of benzene rings is 3. The van der Waals surface area contributed by atoms with Crippen molar-refractivity contribution < 1.29 is 18.0 Å². The first kappa shape index (κ1) is 28.5. The smallest absolute Gasteiger partial charge is 0.264 e. The lowest BCUT2D eigenvalue weighted by Crippen LogP contribution is -2.51. The summed E-state index contributed by atoms with van der Waals surface area (Å²) in [6, 6.07) is 18.8. The van der Waals surface area contributed by atoms with Crippen molar-refractivity contribution in [3.8, 4) is 0 Å². The first-order valence-corrected chi connectivity index (χ1v) is 13.9. The van der Waals surface area contributed by atoms with E-state index >= 15 is 0 Å². The van der Waals surface area contributed by atoms with Gasteiger partial charge in [-0.05, 0) is 68.3 Å². The summed E-state index contributed by atoms with van der Waals surface area (Å²) in [5, 5.41) is 3.60. The molecule has 196 valence electrons. The fourth-order valence-electron chi connectivity index (χ4n) is 3.78. The molecule has 2 amide bonds. The van der Waals surface area contributed by atoms with Crippen LogP contribution in [0, 0.1) is 6.92 Å². The Labute approximate surface area is 228 Å². The molecular formula is C27H29Cl2N3O4S. The summed E-state index contributed by atoms with van der Waals surface area (Å²) in [5.41, 5.74) is 1.64. The van der Waals surface area contributed by atoms with Crippen molar-refractivity contribution in [2.24, 2.45) is 0 Å². The van der Waals surface area contributed by atoms with Crippen LogP contribution in [0.15, 0.2) is 77.7 Å². The quantitative estimate of drug-likeness (QED) is 0.375. The molecule has 0 bridgehead atoms. The number of carbonyl (C=O) groups is 2. The number of rotatable bonds is 10. The van der Waals surface area contributed by atoms with Crippen molar-refractivity contribution >= 4 is 50.7 Å². The number of likely N-dealkylation sites (N-methyl/N-ethyl adjacent to an activating group) is 1. The van der Waals surface area contributed by atoms with Crippen LogP contribution >= 0.6 is 23.2 Å². The number of amides is 2. The molecular weight excluding hydrogens is 533 g/mol. The molecule has 7 nitrogen and oxygen atoms in total. The van der Waals surface area contributed by atoms with E-state index in [0.29, 0.717) is 22.2 Å². The Balaban J connectivity index is 2.05. The highest BCUT2D eigenvalue weighted by Crippen LogP contribution is 2.30. The zero-order chi connectivity index (χ0) is 27.2. The van der Waals surface area contributed by atoms with E-state index in [1.54, 1.807) is 75.4 Å². The lowest BCUT2D eigenvalue weighted by atomic mass is 10.1. The van der Waals surface area contributed by atoms with E-state index in [1.807, 2.05) is 0 Å². The Morgan fingerprint density at radius 1 is 0.946 bits per heavy atom. The van der Waals surface area contributed by atoms with Crippen molar-refractivity contribution in [1.29, 1.82) is 0 Å². The molecule has 1 atom stereocenters. The number of hydrogen-bond donors (Lipinski definition) is 1. The van der Waals surface area contributed by atoms with Crippen LogP contribution in [0.4, 0.5) is 5.69 Å². The zero-order valence-corrected chi connectivity index (χ0v) is 23.1. The minimum Gasteiger partial charge on any atom is -0.355 e. The Morgan fingerprint density at radius 2 is 1.57 bits per heavy atom. The Morgan fingerprint density at radius 3 is 2.19 bits per heavy atom. The highest BCUT2D eigenvalue weighted by molar-refractivity contribution is 7.92. The molecule has 0 aliphatic carbocycles. The highest BCUT2D eigenvalue weighted by atomic mass is 35.5. The average molecular weight is 563 g/mol. The van der Waals surface area contributed by atoms with Crippen molar-refractivity contribution in [2.45, 2.75) is 38.3 Å². The number of aryl methyl sites for hydroxylation is 1. The number of sulfonamides is 1. The minimum absolute atomic E-state index is 0.0307. The molecule has 0 aliphatic heterocycles. The maximum Gasteiger partial charge on any atom is 0.264 e. The van der Waals surface area contributed by atoms with Gasteiger partial charge in [0.25, 0.3) is 10.0 Å². The van der Waals surface area contributed by atoms with Crippen LogP contribution in [0.3, 0.4) is 0 Å². The van der Waals surface area contributed by atoms with Gasteiger partial charge in [0.05, 0.1) is 10.6 Å². The largest absolute Gasteiger partial charge is 0.355 e. The van der Waals surface area contributed by atoms with Crippen molar-refractivity contribution in [3.63, 3.8) is 0 Å². The third-order valence-electron chi connectivity index (χ3n) is 5.83. The van der Waals surface area contributed by atoms with E-state index in [9.17, 15) is 18.0 Å². The van der Waals surface area contributed by atoms with E-state index in [-0.39, 0.29) is 23.0 Å². The van der Waals surface area contributed by atoms with Crippen LogP contribution in [-0.4, -0.2) is 44.3 Å². The molecule has 0 unspecified atom stereocenters. The highest BCUT2D eigenvalue weighted by Gasteiger charge is 2.33. The van der Waals surface area contributed by atoms with Crippen LogP contribution in [0.25, 0.3) is 0 Å². The van der Waals surface area contributed by atoms with Gasteiger partial charge in [0.15, 0.2) is 0 Å². The second-order valence-electron chi connectivity index (χ2n) is 8.47. The fourth-order valence-corrected chi connectivity index (χ4v) is 5.56. The molecule has 0 fully saturated rings. The van der Waals surface area contributed by atoms with Gasteiger partial charge in [0, 0.05) is 23.1 Å². The van der Waals surface area contributed by atoms with Crippen molar-refractivity contribution in [1.82, 2.24) is 10.2 Å². The molecule has 0 saturated carbocycles. The second kappa shape index (κ2) is 12.4. The van der Waals surface area contributed by atoms with Gasteiger partial charge in [-0.3, -0.25) is 13.9 Å². The van der Waals surface area contributed by atoms with E-state index in [2.05, 4.69) is 5.32 Å². The molecule has 0 spiro atoms. The van der Waals surface area contributed by atoms with E-state index in [0.717, 1.165) is 9.87 Å². The standard InChI is InChI=1S/C27H29Cl2N3O4S/c1-4-30-27(34)20(3)31(17-21-11-14-22(28)15-12-21)26(33)18-32(25-16-23(29)13-10-19(25)2)37(35,36)24-8-6-5-7-9-24/h5-16,20H,4,17-18H2,1-3H3,(H,30,34)/t20-/m1/s1. The van der Waals surface area contributed by atoms with Gasteiger partial charge in [0.2, 0.25) is 11.8 Å². The van der Waals surface area contributed by atoms with Gasteiger partial charge >= 0.3 is 0 Å². The van der Waals surface area contributed by atoms with Crippen LogP contribution in [0.1, 0.15) is 25.0 Å². The number of carbonyl (C=O) groups excluding carboxylic acids is 2.